The summed E-state index contributed by atoms with van der Waals surface area (Å²) in [5, 5.41) is 6.25. The van der Waals surface area contributed by atoms with Crippen molar-refractivity contribution >= 4 is 38.0 Å². The van der Waals surface area contributed by atoms with E-state index in [2.05, 4.69) is 31.6 Å². The first kappa shape index (κ1) is 16.9. The van der Waals surface area contributed by atoms with Gasteiger partial charge in [-0.25, -0.2) is 15.0 Å². The monoisotopic (exact) mass is 373 g/mol. The molecule has 1 N–H and O–H groups in total. The van der Waals surface area contributed by atoms with Crippen LogP contribution in [0, 0.1) is 12.8 Å². The SMILES string of the molecule is CNc1ncc(CN2CCCC(Cc3nc(C)nc4ccsc34)C2)s1. The topological polar surface area (TPSA) is 53.9 Å². The molecule has 1 saturated heterocycles. The molecule has 0 amide bonds. The standard InChI is InChI=1S/C18H23N5S2/c1-12-21-15-5-7-24-17(15)16(22-12)8-13-4-3-6-23(10-13)11-14-9-20-18(19-2)25-14/h5,7,9,13H,3-4,6,8,10-11H2,1-2H3,(H,19,20). The van der Waals surface area contributed by atoms with E-state index in [0.717, 1.165) is 36.0 Å². The third kappa shape index (κ3) is 3.83. The molecule has 3 aromatic heterocycles. The Morgan fingerprint density at radius 1 is 1.36 bits per heavy atom. The number of piperidine rings is 1. The zero-order valence-electron chi connectivity index (χ0n) is 14.7. The molecule has 0 aromatic carbocycles. The average Bonchev–Trinajstić information content (AvgIpc) is 3.24. The highest BCUT2D eigenvalue weighted by Crippen LogP contribution is 2.28. The Morgan fingerprint density at radius 2 is 2.28 bits per heavy atom. The molecule has 0 spiro atoms. The number of anilines is 1. The van der Waals surface area contributed by atoms with E-state index in [4.69, 9.17) is 4.98 Å². The maximum absolute atomic E-state index is 4.76. The summed E-state index contributed by atoms with van der Waals surface area (Å²) in [5.41, 5.74) is 2.34. The number of fused-ring (bicyclic) bond motifs is 1. The first-order valence-corrected chi connectivity index (χ1v) is 10.5. The minimum atomic E-state index is 0.671. The number of nitrogens with zero attached hydrogens (tertiary/aromatic N) is 4. The first-order valence-electron chi connectivity index (χ1n) is 8.77. The molecule has 7 heteroatoms. The maximum atomic E-state index is 4.76. The second-order valence-corrected chi connectivity index (χ2v) is 8.71. The van der Waals surface area contributed by atoms with Crippen LogP contribution in [0.25, 0.3) is 10.2 Å². The number of aromatic nitrogens is 3. The van der Waals surface area contributed by atoms with Crippen LogP contribution in [0.1, 0.15) is 29.2 Å². The fourth-order valence-electron chi connectivity index (χ4n) is 3.64. The summed E-state index contributed by atoms with van der Waals surface area (Å²) >= 11 is 3.52. The van der Waals surface area contributed by atoms with Crippen molar-refractivity contribution in [3.8, 4) is 0 Å². The van der Waals surface area contributed by atoms with E-state index in [1.54, 1.807) is 22.7 Å². The second-order valence-electron chi connectivity index (χ2n) is 6.68. The van der Waals surface area contributed by atoms with Gasteiger partial charge in [-0.3, -0.25) is 4.90 Å². The van der Waals surface area contributed by atoms with E-state index in [1.165, 1.54) is 34.7 Å². The zero-order valence-corrected chi connectivity index (χ0v) is 16.3. The van der Waals surface area contributed by atoms with E-state index >= 15 is 0 Å². The van der Waals surface area contributed by atoms with Crippen molar-refractivity contribution in [1.82, 2.24) is 19.9 Å². The third-order valence-corrected chi connectivity index (χ3v) is 6.67. The number of rotatable bonds is 5. The molecular weight excluding hydrogens is 350 g/mol. The highest BCUT2D eigenvalue weighted by molar-refractivity contribution is 7.17. The normalized spacial score (nSPS) is 18.7. The van der Waals surface area contributed by atoms with Gasteiger partial charge in [-0.1, -0.05) is 0 Å². The van der Waals surface area contributed by atoms with Crippen LogP contribution in [0.4, 0.5) is 5.13 Å². The molecule has 1 fully saturated rings. The lowest BCUT2D eigenvalue weighted by molar-refractivity contribution is 0.168. The maximum Gasteiger partial charge on any atom is 0.182 e. The van der Waals surface area contributed by atoms with Gasteiger partial charge in [-0.2, -0.15) is 0 Å². The Morgan fingerprint density at radius 3 is 3.12 bits per heavy atom. The summed E-state index contributed by atoms with van der Waals surface area (Å²) in [6, 6.07) is 2.11. The van der Waals surface area contributed by atoms with Crippen molar-refractivity contribution in [1.29, 1.82) is 0 Å². The highest BCUT2D eigenvalue weighted by Gasteiger charge is 2.22. The quantitative estimate of drug-likeness (QED) is 0.734. The summed E-state index contributed by atoms with van der Waals surface area (Å²) in [6.07, 6.45) is 5.61. The number of hydrogen-bond donors (Lipinski definition) is 1. The van der Waals surface area contributed by atoms with Crippen molar-refractivity contribution < 1.29 is 0 Å². The van der Waals surface area contributed by atoms with E-state index < -0.39 is 0 Å². The minimum absolute atomic E-state index is 0.671. The molecule has 1 atom stereocenters. The number of hydrogen-bond acceptors (Lipinski definition) is 7. The summed E-state index contributed by atoms with van der Waals surface area (Å²) in [4.78, 5) is 17.6. The molecule has 5 nitrogen and oxygen atoms in total. The van der Waals surface area contributed by atoms with Crippen LogP contribution in [0.3, 0.4) is 0 Å². The molecule has 0 radical (unpaired) electrons. The molecule has 3 aromatic rings. The van der Waals surface area contributed by atoms with Crippen LogP contribution in [-0.4, -0.2) is 40.0 Å². The Hall–Kier alpha value is -1.57. The Kier molecular flexibility index (Phi) is 4.96. The van der Waals surface area contributed by atoms with Gasteiger partial charge in [0.05, 0.1) is 15.9 Å². The Bertz CT molecular complexity index is 856. The molecule has 25 heavy (non-hydrogen) atoms. The third-order valence-electron chi connectivity index (χ3n) is 4.72. The average molecular weight is 374 g/mol. The van der Waals surface area contributed by atoms with Crippen molar-refractivity contribution in [2.24, 2.45) is 5.92 Å². The van der Waals surface area contributed by atoms with Gasteiger partial charge in [-0.15, -0.1) is 22.7 Å². The van der Waals surface area contributed by atoms with Gasteiger partial charge in [0.2, 0.25) is 0 Å². The van der Waals surface area contributed by atoms with Crippen molar-refractivity contribution in [3.05, 3.63) is 34.0 Å². The summed E-state index contributed by atoms with van der Waals surface area (Å²) in [7, 11) is 1.93. The van der Waals surface area contributed by atoms with Gasteiger partial charge in [0.25, 0.3) is 0 Å². The van der Waals surface area contributed by atoms with Gasteiger partial charge in [0, 0.05) is 31.2 Å². The molecule has 0 saturated carbocycles. The minimum Gasteiger partial charge on any atom is -0.365 e. The number of thiazole rings is 1. The molecule has 0 bridgehead atoms. The van der Waals surface area contributed by atoms with Gasteiger partial charge >= 0.3 is 0 Å². The predicted molar refractivity (Wildman–Crippen MR) is 106 cm³/mol. The highest BCUT2D eigenvalue weighted by atomic mass is 32.1. The number of thiophene rings is 1. The van der Waals surface area contributed by atoms with Crippen LogP contribution in [0.5, 0.6) is 0 Å². The fraction of sp³-hybridized carbons (Fsp3) is 0.500. The van der Waals surface area contributed by atoms with Crippen molar-refractivity contribution in [2.45, 2.75) is 32.7 Å². The molecule has 1 aliphatic rings. The number of nitrogens with one attached hydrogen (secondary N) is 1. The van der Waals surface area contributed by atoms with Gasteiger partial charge in [0.15, 0.2) is 5.13 Å². The van der Waals surface area contributed by atoms with Crippen molar-refractivity contribution in [3.63, 3.8) is 0 Å². The summed E-state index contributed by atoms with van der Waals surface area (Å²) < 4.78 is 1.27. The molecule has 132 valence electrons. The van der Waals surface area contributed by atoms with Crippen molar-refractivity contribution in [2.75, 3.05) is 25.5 Å². The molecule has 0 aliphatic carbocycles. The largest absolute Gasteiger partial charge is 0.365 e. The smallest absolute Gasteiger partial charge is 0.182 e. The Labute approximate surface area is 156 Å². The second kappa shape index (κ2) is 7.35. The summed E-state index contributed by atoms with van der Waals surface area (Å²) in [5.74, 6) is 1.56. The van der Waals surface area contributed by atoms with Crippen LogP contribution in [-0.2, 0) is 13.0 Å². The van der Waals surface area contributed by atoms with E-state index in [0.29, 0.717) is 5.92 Å². The van der Waals surface area contributed by atoms with Gasteiger partial charge in [0.1, 0.15) is 5.82 Å². The van der Waals surface area contributed by atoms with E-state index in [1.807, 2.05) is 20.2 Å². The van der Waals surface area contributed by atoms with E-state index in [9.17, 15) is 0 Å². The lowest BCUT2D eigenvalue weighted by Crippen LogP contribution is -2.35. The molecule has 1 unspecified atom stereocenters. The Balaban J connectivity index is 1.44. The predicted octanol–water partition coefficient (Wildman–Crippen LogP) is 3.95. The van der Waals surface area contributed by atoms with Crippen LogP contribution in [0.15, 0.2) is 17.6 Å². The van der Waals surface area contributed by atoms with Gasteiger partial charge < -0.3 is 5.32 Å². The van der Waals surface area contributed by atoms with E-state index in [-0.39, 0.29) is 0 Å². The zero-order chi connectivity index (χ0) is 17.2. The lowest BCUT2D eigenvalue weighted by Gasteiger charge is -2.32. The molecule has 4 rings (SSSR count). The molecule has 4 heterocycles. The van der Waals surface area contributed by atoms with Crippen LogP contribution >= 0.6 is 22.7 Å². The van der Waals surface area contributed by atoms with Crippen LogP contribution < -0.4 is 5.32 Å². The first-order chi connectivity index (χ1) is 12.2. The lowest BCUT2D eigenvalue weighted by atomic mass is 9.93. The number of likely N-dealkylation sites (tertiary alicyclic amines) is 1. The number of aryl methyl sites for hydroxylation is 1. The fourth-order valence-corrected chi connectivity index (χ4v) is 5.28. The molecular formula is C18H23N5S2. The van der Waals surface area contributed by atoms with Gasteiger partial charge in [-0.05, 0) is 50.1 Å². The molecule has 1 aliphatic heterocycles. The van der Waals surface area contributed by atoms with Crippen LogP contribution in [0.2, 0.25) is 0 Å². The summed E-state index contributed by atoms with van der Waals surface area (Å²) in [6.45, 7) is 5.33.